The first kappa shape index (κ1) is 14.7. The molecular weight excluding hydrogens is 240 g/mol. The van der Waals surface area contributed by atoms with Crippen LogP contribution in [0.5, 0.6) is 0 Å². The maximum absolute atomic E-state index is 11.8. The number of amides is 2. The maximum Gasteiger partial charge on any atom is 0.325 e. The molecule has 7 nitrogen and oxygen atoms in total. The zero-order valence-corrected chi connectivity index (χ0v) is 11.0. The van der Waals surface area contributed by atoms with Gasteiger partial charge in [-0.05, 0) is 6.92 Å². The lowest BCUT2D eigenvalue weighted by Gasteiger charge is -2.16. The normalized spacial score (nSPS) is 22.9. The van der Waals surface area contributed by atoms with E-state index >= 15 is 0 Å². The molecule has 0 bridgehead atoms. The Kier molecular flexibility index (Phi) is 5.87. The zero-order valence-electron chi connectivity index (χ0n) is 11.0. The summed E-state index contributed by atoms with van der Waals surface area (Å²) in [5.41, 5.74) is 0. The van der Waals surface area contributed by atoms with Crippen molar-refractivity contribution in [3.8, 4) is 0 Å². The molecule has 1 N–H and O–H groups in total. The zero-order chi connectivity index (χ0) is 13.5. The third-order valence-corrected chi connectivity index (χ3v) is 2.80. The second kappa shape index (κ2) is 7.17. The van der Waals surface area contributed by atoms with Crippen molar-refractivity contribution in [3.05, 3.63) is 0 Å². The molecule has 2 amide bonds. The molecule has 1 aliphatic heterocycles. The molecular formula is C11H20N2O5. The largest absolute Gasteiger partial charge is 0.465 e. The Hall–Kier alpha value is -1.34. The van der Waals surface area contributed by atoms with E-state index in [-0.39, 0.29) is 24.8 Å². The van der Waals surface area contributed by atoms with Crippen molar-refractivity contribution in [1.82, 2.24) is 10.2 Å². The van der Waals surface area contributed by atoms with Crippen LogP contribution in [0.1, 0.15) is 6.92 Å². The summed E-state index contributed by atoms with van der Waals surface area (Å²) in [6, 6.07) is -0.315. The van der Waals surface area contributed by atoms with Gasteiger partial charge in [-0.1, -0.05) is 0 Å². The molecule has 0 aromatic rings. The molecule has 0 spiro atoms. The summed E-state index contributed by atoms with van der Waals surface area (Å²) in [6.45, 7) is 2.79. The molecule has 0 saturated carbocycles. The van der Waals surface area contributed by atoms with Crippen LogP contribution >= 0.6 is 0 Å². The fourth-order valence-electron chi connectivity index (χ4n) is 1.83. The summed E-state index contributed by atoms with van der Waals surface area (Å²) in [7, 11) is 3.16. The van der Waals surface area contributed by atoms with Crippen molar-refractivity contribution >= 4 is 12.0 Å². The Bertz CT molecular complexity index is 285. The maximum atomic E-state index is 11.8. The van der Waals surface area contributed by atoms with E-state index < -0.39 is 5.97 Å². The molecule has 0 aromatic carbocycles. The molecule has 0 aromatic heterocycles. The minimum absolute atomic E-state index is 0.127. The first-order valence-corrected chi connectivity index (χ1v) is 5.86. The molecule has 2 atom stereocenters. The lowest BCUT2D eigenvalue weighted by Crippen LogP contribution is -2.41. The summed E-state index contributed by atoms with van der Waals surface area (Å²) in [4.78, 5) is 24.4. The first-order valence-electron chi connectivity index (χ1n) is 5.86. The van der Waals surface area contributed by atoms with E-state index in [0.717, 1.165) is 0 Å². The van der Waals surface area contributed by atoms with Crippen LogP contribution in [0.25, 0.3) is 0 Å². The Morgan fingerprint density at radius 1 is 1.22 bits per heavy atom. The molecule has 0 radical (unpaired) electrons. The number of esters is 1. The van der Waals surface area contributed by atoms with Gasteiger partial charge in [0, 0.05) is 14.2 Å². The predicted molar refractivity (Wildman–Crippen MR) is 63.2 cm³/mol. The van der Waals surface area contributed by atoms with Gasteiger partial charge in [0.15, 0.2) is 0 Å². The monoisotopic (exact) mass is 260 g/mol. The van der Waals surface area contributed by atoms with E-state index in [1.807, 2.05) is 0 Å². The summed E-state index contributed by atoms with van der Waals surface area (Å²) < 4.78 is 15.2. The Balaban J connectivity index is 2.37. The van der Waals surface area contributed by atoms with Crippen LogP contribution in [-0.4, -0.2) is 69.6 Å². The van der Waals surface area contributed by atoms with Gasteiger partial charge in [-0.2, -0.15) is 0 Å². The quantitative estimate of drug-likeness (QED) is 0.681. The van der Waals surface area contributed by atoms with Crippen LogP contribution in [0, 0.1) is 0 Å². The van der Waals surface area contributed by atoms with Crippen LogP contribution in [-0.2, 0) is 19.0 Å². The number of hydrogen-bond donors (Lipinski definition) is 1. The van der Waals surface area contributed by atoms with Crippen molar-refractivity contribution in [2.75, 3.05) is 40.5 Å². The van der Waals surface area contributed by atoms with Crippen LogP contribution in [0.3, 0.4) is 0 Å². The van der Waals surface area contributed by atoms with Crippen molar-refractivity contribution in [1.29, 1.82) is 0 Å². The summed E-state index contributed by atoms with van der Waals surface area (Å²) in [6.07, 6.45) is -0.272. The Labute approximate surface area is 106 Å². The topological polar surface area (TPSA) is 77.1 Å². The van der Waals surface area contributed by atoms with Gasteiger partial charge in [0.2, 0.25) is 0 Å². The number of rotatable bonds is 5. The number of ether oxygens (including phenoxy) is 3. The average Bonchev–Trinajstić information content (AvgIpc) is 2.79. The lowest BCUT2D eigenvalue weighted by molar-refractivity contribution is -0.141. The summed E-state index contributed by atoms with van der Waals surface area (Å²) in [5.74, 6) is -0.448. The van der Waals surface area contributed by atoms with Crippen molar-refractivity contribution in [2.45, 2.75) is 19.1 Å². The molecule has 104 valence electrons. The molecule has 1 fully saturated rings. The van der Waals surface area contributed by atoms with Crippen LogP contribution < -0.4 is 5.32 Å². The van der Waals surface area contributed by atoms with Gasteiger partial charge in [-0.3, -0.25) is 4.79 Å². The third-order valence-electron chi connectivity index (χ3n) is 2.80. The highest BCUT2D eigenvalue weighted by molar-refractivity contribution is 5.81. The Morgan fingerprint density at radius 3 is 2.22 bits per heavy atom. The van der Waals surface area contributed by atoms with Gasteiger partial charge in [-0.25, -0.2) is 4.79 Å². The molecule has 1 saturated heterocycles. The number of likely N-dealkylation sites (tertiary alicyclic amines) is 1. The van der Waals surface area contributed by atoms with E-state index in [2.05, 4.69) is 5.32 Å². The van der Waals surface area contributed by atoms with E-state index in [1.54, 1.807) is 26.0 Å². The second-order valence-corrected chi connectivity index (χ2v) is 3.92. The first-order chi connectivity index (χ1) is 8.62. The number of methoxy groups -OCH3 is 2. The van der Waals surface area contributed by atoms with E-state index in [0.29, 0.717) is 19.7 Å². The predicted octanol–water partition coefficient (Wildman–Crippen LogP) is -0.395. The van der Waals surface area contributed by atoms with Gasteiger partial charge in [0.25, 0.3) is 0 Å². The van der Waals surface area contributed by atoms with E-state index in [9.17, 15) is 9.59 Å². The fraction of sp³-hybridized carbons (Fsp3) is 0.818. The number of nitrogens with zero attached hydrogens (tertiary/aromatic N) is 1. The highest BCUT2D eigenvalue weighted by Gasteiger charge is 2.35. The highest BCUT2D eigenvalue weighted by Crippen LogP contribution is 2.15. The molecule has 0 aliphatic carbocycles. The molecule has 18 heavy (non-hydrogen) atoms. The lowest BCUT2D eigenvalue weighted by atomic mass is 10.3. The Morgan fingerprint density at radius 2 is 1.78 bits per heavy atom. The molecule has 1 heterocycles. The molecule has 2 unspecified atom stereocenters. The number of hydrogen-bond acceptors (Lipinski definition) is 5. The average molecular weight is 260 g/mol. The number of carbonyl (C=O) groups excluding carboxylic acids is 2. The standard InChI is InChI=1S/C11H20N2O5/c1-4-18-10(14)5-12-11(15)13-6-8(16-2)9(7-13)17-3/h8-9H,4-7H2,1-3H3,(H,12,15). The van der Waals surface area contributed by atoms with Crippen LogP contribution in [0.4, 0.5) is 4.79 Å². The third kappa shape index (κ3) is 3.85. The van der Waals surface area contributed by atoms with Gasteiger partial charge < -0.3 is 24.4 Å². The summed E-state index contributed by atoms with van der Waals surface area (Å²) >= 11 is 0. The van der Waals surface area contributed by atoms with Gasteiger partial charge in [0.05, 0.1) is 19.7 Å². The molecule has 1 aliphatic rings. The molecule has 1 rings (SSSR count). The highest BCUT2D eigenvalue weighted by atomic mass is 16.5. The van der Waals surface area contributed by atoms with Gasteiger partial charge in [0.1, 0.15) is 18.8 Å². The van der Waals surface area contributed by atoms with Crippen LogP contribution in [0.15, 0.2) is 0 Å². The van der Waals surface area contributed by atoms with Gasteiger partial charge in [-0.15, -0.1) is 0 Å². The van der Waals surface area contributed by atoms with Crippen molar-refractivity contribution < 1.29 is 23.8 Å². The minimum Gasteiger partial charge on any atom is -0.465 e. The van der Waals surface area contributed by atoms with Gasteiger partial charge >= 0.3 is 12.0 Å². The number of carbonyl (C=O) groups is 2. The SMILES string of the molecule is CCOC(=O)CNC(=O)N1CC(OC)C(OC)C1. The van der Waals surface area contributed by atoms with Crippen LogP contribution in [0.2, 0.25) is 0 Å². The molecule has 7 heteroatoms. The second-order valence-electron chi connectivity index (χ2n) is 3.92. The summed E-state index contributed by atoms with van der Waals surface area (Å²) in [5, 5.41) is 2.50. The van der Waals surface area contributed by atoms with E-state index in [4.69, 9.17) is 14.2 Å². The number of urea groups is 1. The fourth-order valence-corrected chi connectivity index (χ4v) is 1.83. The minimum atomic E-state index is -0.448. The smallest absolute Gasteiger partial charge is 0.325 e. The number of nitrogens with one attached hydrogen (secondary N) is 1. The van der Waals surface area contributed by atoms with Crippen molar-refractivity contribution in [3.63, 3.8) is 0 Å². The van der Waals surface area contributed by atoms with Crippen molar-refractivity contribution in [2.24, 2.45) is 0 Å². The van der Waals surface area contributed by atoms with E-state index in [1.165, 1.54) is 0 Å².